The van der Waals surface area contributed by atoms with Gasteiger partial charge in [-0.2, -0.15) is 0 Å². The highest BCUT2D eigenvalue weighted by atomic mass is 32.1. The van der Waals surface area contributed by atoms with E-state index >= 15 is 0 Å². The van der Waals surface area contributed by atoms with Crippen molar-refractivity contribution in [3.63, 3.8) is 0 Å². The van der Waals surface area contributed by atoms with Gasteiger partial charge in [0.1, 0.15) is 11.3 Å². The summed E-state index contributed by atoms with van der Waals surface area (Å²) in [4.78, 5) is 28.1. The molecule has 1 aromatic carbocycles. The molecule has 0 saturated carbocycles. The Labute approximate surface area is 148 Å². The van der Waals surface area contributed by atoms with Crippen LogP contribution in [0, 0.1) is 12.7 Å². The van der Waals surface area contributed by atoms with Gasteiger partial charge in [-0.15, -0.1) is 10.2 Å². The number of nitrogens with one attached hydrogen (secondary N) is 1. The number of piperazine rings is 1. The Morgan fingerprint density at radius 2 is 2.04 bits per heavy atom. The maximum atomic E-state index is 13.6. The zero-order valence-corrected chi connectivity index (χ0v) is 14.6. The molecule has 1 aliphatic heterocycles. The summed E-state index contributed by atoms with van der Waals surface area (Å²) in [6.07, 6.45) is 0. The summed E-state index contributed by atoms with van der Waals surface area (Å²) in [7, 11) is 0. The number of amides is 2. The van der Waals surface area contributed by atoms with Crippen molar-refractivity contribution in [2.24, 2.45) is 0 Å². The third-order valence-corrected chi connectivity index (χ3v) is 4.66. The molecule has 7 nitrogen and oxygen atoms in total. The molecular formula is C16H18FN5O2S. The van der Waals surface area contributed by atoms with Crippen LogP contribution in [0.3, 0.4) is 0 Å². The van der Waals surface area contributed by atoms with Crippen molar-refractivity contribution < 1.29 is 14.0 Å². The van der Waals surface area contributed by atoms with E-state index in [-0.39, 0.29) is 24.2 Å². The first-order valence-corrected chi connectivity index (χ1v) is 8.74. The van der Waals surface area contributed by atoms with Gasteiger partial charge in [0.15, 0.2) is 0 Å². The van der Waals surface area contributed by atoms with E-state index in [2.05, 4.69) is 15.5 Å². The molecule has 2 amide bonds. The molecule has 1 aliphatic rings. The molecule has 0 spiro atoms. The lowest BCUT2D eigenvalue weighted by molar-refractivity contribution is -0.117. The van der Waals surface area contributed by atoms with Crippen molar-refractivity contribution >= 4 is 28.3 Å². The van der Waals surface area contributed by atoms with Crippen LogP contribution in [0.15, 0.2) is 23.7 Å². The molecule has 2 heterocycles. The van der Waals surface area contributed by atoms with Crippen LogP contribution in [0.5, 0.6) is 0 Å². The fourth-order valence-corrected chi connectivity index (χ4v) is 3.07. The van der Waals surface area contributed by atoms with Crippen molar-refractivity contribution in [2.45, 2.75) is 6.92 Å². The van der Waals surface area contributed by atoms with Gasteiger partial charge in [0.05, 0.1) is 6.54 Å². The summed E-state index contributed by atoms with van der Waals surface area (Å²) < 4.78 is 13.6. The Kier molecular flexibility index (Phi) is 5.34. The van der Waals surface area contributed by atoms with Crippen LogP contribution in [0.1, 0.15) is 15.9 Å². The van der Waals surface area contributed by atoms with Crippen LogP contribution in [0.25, 0.3) is 0 Å². The Morgan fingerprint density at radius 1 is 1.28 bits per heavy atom. The predicted octanol–water partition coefficient (Wildman–Crippen LogP) is 1.38. The maximum absolute atomic E-state index is 13.6. The van der Waals surface area contributed by atoms with Crippen LogP contribution in [-0.2, 0) is 4.79 Å². The third-order valence-electron chi connectivity index (χ3n) is 4.05. The molecule has 3 rings (SSSR count). The predicted molar refractivity (Wildman–Crippen MR) is 92.0 cm³/mol. The average Bonchev–Trinajstić information content (AvgIpc) is 3.10. The highest BCUT2D eigenvalue weighted by molar-refractivity contribution is 7.13. The van der Waals surface area contributed by atoms with E-state index in [9.17, 15) is 14.0 Å². The monoisotopic (exact) mass is 363 g/mol. The number of aryl methyl sites for hydroxylation is 1. The van der Waals surface area contributed by atoms with E-state index in [1.807, 2.05) is 4.90 Å². The van der Waals surface area contributed by atoms with Crippen molar-refractivity contribution in [1.29, 1.82) is 0 Å². The Morgan fingerprint density at radius 3 is 2.68 bits per heavy atom. The molecule has 1 N–H and O–H groups in total. The maximum Gasteiger partial charge on any atom is 0.254 e. The fourth-order valence-electron chi connectivity index (χ4n) is 2.61. The van der Waals surface area contributed by atoms with E-state index in [0.29, 0.717) is 42.4 Å². The molecule has 0 radical (unpaired) electrons. The topological polar surface area (TPSA) is 78.4 Å². The molecule has 0 aliphatic carbocycles. The molecule has 25 heavy (non-hydrogen) atoms. The van der Waals surface area contributed by atoms with E-state index < -0.39 is 0 Å². The van der Waals surface area contributed by atoms with Gasteiger partial charge in [0.25, 0.3) is 5.91 Å². The van der Waals surface area contributed by atoms with Crippen molar-refractivity contribution in [2.75, 3.05) is 38.0 Å². The van der Waals surface area contributed by atoms with Crippen molar-refractivity contribution in [1.82, 2.24) is 20.0 Å². The standard InChI is InChI=1S/C16H18FN5O2S/c1-11-2-3-12(8-13(11)17)15(24)22-6-4-21(5-7-22)9-14(23)19-16-20-18-10-25-16/h2-3,8,10H,4-7,9H2,1H3,(H,19,20,23). The quantitative estimate of drug-likeness (QED) is 0.888. The fraction of sp³-hybridized carbons (Fsp3) is 0.375. The van der Waals surface area contributed by atoms with Gasteiger partial charge in [-0.25, -0.2) is 4.39 Å². The molecule has 0 atom stereocenters. The van der Waals surface area contributed by atoms with Crippen LogP contribution in [-0.4, -0.2) is 64.5 Å². The average molecular weight is 363 g/mol. The van der Waals surface area contributed by atoms with E-state index in [1.54, 1.807) is 29.5 Å². The number of rotatable bonds is 4. The van der Waals surface area contributed by atoms with E-state index in [4.69, 9.17) is 0 Å². The molecule has 1 aromatic heterocycles. The minimum absolute atomic E-state index is 0.155. The molecule has 0 unspecified atom stereocenters. The zero-order valence-electron chi connectivity index (χ0n) is 13.7. The summed E-state index contributed by atoms with van der Waals surface area (Å²) in [6, 6.07) is 4.53. The summed E-state index contributed by atoms with van der Waals surface area (Å²) >= 11 is 1.26. The van der Waals surface area contributed by atoms with Gasteiger partial charge in [0.2, 0.25) is 11.0 Å². The van der Waals surface area contributed by atoms with Crippen LogP contribution in [0.4, 0.5) is 9.52 Å². The second kappa shape index (κ2) is 7.66. The smallest absolute Gasteiger partial charge is 0.254 e. The van der Waals surface area contributed by atoms with Gasteiger partial charge in [-0.3, -0.25) is 19.8 Å². The lowest BCUT2D eigenvalue weighted by Gasteiger charge is -2.34. The molecule has 132 valence electrons. The first-order valence-electron chi connectivity index (χ1n) is 7.87. The first-order chi connectivity index (χ1) is 12.0. The van der Waals surface area contributed by atoms with Gasteiger partial charge in [-0.05, 0) is 24.6 Å². The molecule has 0 bridgehead atoms. The number of benzene rings is 1. The number of hydrogen-bond donors (Lipinski definition) is 1. The minimum Gasteiger partial charge on any atom is -0.336 e. The first kappa shape index (κ1) is 17.4. The lowest BCUT2D eigenvalue weighted by atomic mass is 10.1. The number of carbonyl (C=O) groups is 2. The summed E-state index contributed by atoms with van der Waals surface area (Å²) in [5.41, 5.74) is 2.42. The number of aromatic nitrogens is 2. The lowest BCUT2D eigenvalue weighted by Crippen LogP contribution is -2.50. The third kappa shape index (κ3) is 4.37. The van der Waals surface area contributed by atoms with Crippen LogP contribution >= 0.6 is 11.3 Å². The van der Waals surface area contributed by atoms with Gasteiger partial charge >= 0.3 is 0 Å². The molecule has 2 aromatic rings. The Balaban J connectivity index is 1.50. The SMILES string of the molecule is Cc1ccc(C(=O)N2CCN(CC(=O)Nc3nncs3)CC2)cc1F. The molecule has 9 heteroatoms. The minimum atomic E-state index is -0.377. The second-order valence-electron chi connectivity index (χ2n) is 5.82. The highest BCUT2D eigenvalue weighted by Crippen LogP contribution is 2.13. The summed E-state index contributed by atoms with van der Waals surface area (Å²) in [6.45, 7) is 4.07. The number of anilines is 1. The molecular weight excluding hydrogens is 345 g/mol. The number of nitrogens with zero attached hydrogens (tertiary/aromatic N) is 4. The van der Waals surface area contributed by atoms with Crippen molar-refractivity contribution in [3.05, 3.63) is 40.7 Å². The van der Waals surface area contributed by atoms with Crippen LogP contribution < -0.4 is 5.32 Å². The van der Waals surface area contributed by atoms with Gasteiger partial charge in [-0.1, -0.05) is 17.4 Å². The van der Waals surface area contributed by atoms with E-state index in [0.717, 1.165) is 0 Å². The second-order valence-corrected chi connectivity index (χ2v) is 6.66. The number of hydrogen-bond acceptors (Lipinski definition) is 6. The van der Waals surface area contributed by atoms with Crippen molar-refractivity contribution in [3.8, 4) is 0 Å². The summed E-state index contributed by atoms with van der Waals surface area (Å²) in [5, 5.41) is 10.6. The summed E-state index contributed by atoms with van der Waals surface area (Å²) in [5.74, 6) is -0.716. The van der Waals surface area contributed by atoms with Gasteiger partial charge < -0.3 is 4.90 Å². The largest absolute Gasteiger partial charge is 0.336 e. The Bertz CT molecular complexity index is 760. The number of carbonyl (C=O) groups excluding carboxylic acids is 2. The zero-order chi connectivity index (χ0) is 17.8. The Hall–Kier alpha value is -2.39. The molecule has 1 fully saturated rings. The van der Waals surface area contributed by atoms with Crippen LogP contribution in [0.2, 0.25) is 0 Å². The van der Waals surface area contributed by atoms with E-state index in [1.165, 1.54) is 17.4 Å². The number of halogens is 1. The highest BCUT2D eigenvalue weighted by Gasteiger charge is 2.23. The van der Waals surface area contributed by atoms with Gasteiger partial charge in [0, 0.05) is 31.7 Å². The molecule has 1 saturated heterocycles. The normalized spacial score (nSPS) is 15.2.